The van der Waals surface area contributed by atoms with Crippen molar-refractivity contribution in [2.75, 3.05) is 26.2 Å². The Balaban J connectivity index is 2.05. The molecular weight excluding hydrogens is 364 g/mol. The first kappa shape index (κ1) is 15.7. The van der Waals surface area contributed by atoms with Crippen molar-refractivity contribution in [1.29, 1.82) is 0 Å². The highest BCUT2D eigenvalue weighted by atomic mass is 79.9. The predicted molar refractivity (Wildman–Crippen MR) is 82.2 cm³/mol. The van der Waals surface area contributed by atoms with Crippen LogP contribution >= 0.6 is 27.3 Å². The zero-order valence-corrected chi connectivity index (χ0v) is 14.2. The number of thiophene rings is 1. The summed E-state index contributed by atoms with van der Waals surface area (Å²) in [5.74, 6) is -0.0663. The van der Waals surface area contributed by atoms with Gasteiger partial charge in [0.05, 0.1) is 3.79 Å². The Morgan fingerprint density at radius 1 is 1.30 bits per heavy atom. The molecule has 0 atom stereocenters. The molecule has 0 saturated carbocycles. The van der Waals surface area contributed by atoms with Crippen molar-refractivity contribution in [3.8, 4) is 0 Å². The fraction of sp³-hybridized carbons (Fsp3) is 0.417. The molecule has 0 N–H and O–H groups in total. The SMILES string of the molecule is C/C=C/C(=O)N1CCN(S(=O)(=O)c2ccc(Br)s2)CC1. The number of amides is 1. The van der Waals surface area contributed by atoms with Crippen molar-refractivity contribution in [1.82, 2.24) is 9.21 Å². The maximum absolute atomic E-state index is 12.4. The standard InChI is InChI=1S/C12H15BrN2O3S2/c1-2-3-11(16)14-6-8-15(9-7-14)20(17,18)12-5-4-10(13)19-12/h2-5H,6-9H2,1H3/b3-2+. The minimum absolute atomic E-state index is 0.0663. The van der Waals surface area contributed by atoms with Crippen LogP contribution in [0.5, 0.6) is 0 Å². The fourth-order valence-corrected chi connectivity index (χ4v) is 5.55. The molecule has 0 aliphatic carbocycles. The fourth-order valence-electron chi connectivity index (χ4n) is 1.96. The van der Waals surface area contributed by atoms with E-state index in [0.29, 0.717) is 30.4 Å². The molecule has 1 aliphatic heterocycles. The van der Waals surface area contributed by atoms with Gasteiger partial charge in [0, 0.05) is 26.2 Å². The van der Waals surface area contributed by atoms with Crippen LogP contribution in [-0.4, -0.2) is 49.7 Å². The van der Waals surface area contributed by atoms with Crippen molar-refractivity contribution < 1.29 is 13.2 Å². The molecule has 0 radical (unpaired) electrons. The molecule has 1 saturated heterocycles. The number of carbonyl (C=O) groups excluding carboxylic acids is 1. The van der Waals surface area contributed by atoms with Gasteiger partial charge < -0.3 is 4.90 Å². The zero-order valence-electron chi connectivity index (χ0n) is 11.0. The molecule has 5 nitrogen and oxygen atoms in total. The number of hydrogen-bond donors (Lipinski definition) is 0. The van der Waals surface area contributed by atoms with Crippen molar-refractivity contribution in [3.63, 3.8) is 0 Å². The first-order valence-electron chi connectivity index (χ1n) is 6.12. The highest BCUT2D eigenvalue weighted by molar-refractivity contribution is 9.11. The number of allylic oxidation sites excluding steroid dienone is 1. The lowest BCUT2D eigenvalue weighted by Gasteiger charge is -2.33. The predicted octanol–water partition coefficient (Wildman–Crippen LogP) is 1.92. The van der Waals surface area contributed by atoms with Crippen LogP contribution in [0.25, 0.3) is 0 Å². The van der Waals surface area contributed by atoms with Crippen molar-refractivity contribution >= 4 is 43.2 Å². The third-order valence-electron chi connectivity index (χ3n) is 3.00. The molecule has 0 aromatic carbocycles. The van der Waals surface area contributed by atoms with Crippen LogP contribution in [0.15, 0.2) is 32.3 Å². The van der Waals surface area contributed by atoms with E-state index in [-0.39, 0.29) is 5.91 Å². The average molecular weight is 379 g/mol. The van der Waals surface area contributed by atoms with Crippen molar-refractivity contribution in [2.45, 2.75) is 11.1 Å². The Bertz CT molecular complexity index is 616. The number of rotatable bonds is 3. The van der Waals surface area contributed by atoms with Gasteiger partial charge in [0.25, 0.3) is 10.0 Å². The largest absolute Gasteiger partial charge is 0.337 e. The molecule has 2 heterocycles. The summed E-state index contributed by atoms with van der Waals surface area (Å²) < 4.78 is 27.4. The summed E-state index contributed by atoms with van der Waals surface area (Å²) in [4.78, 5) is 13.4. The van der Waals surface area contributed by atoms with Gasteiger partial charge in [-0.1, -0.05) is 6.08 Å². The zero-order chi connectivity index (χ0) is 14.8. The van der Waals surface area contributed by atoms with Crippen LogP contribution in [0, 0.1) is 0 Å². The molecular formula is C12H15BrN2O3S2. The van der Waals surface area contributed by atoms with Crippen LogP contribution in [-0.2, 0) is 14.8 Å². The maximum Gasteiger partial charge on any atom is 0.252 e. The number of carbonyl (C=O) groups is 1. The Morgan fingerprint density at radius 2 is 1.95 bits per heavy atom. The van der Waals surface area contributed by atoms with Crippen LogP contribution in [0.2, 0.25) is 0 Å². The normalized spacial score (nSPS) is 17.8. The van der Waals surface area contributed by atoms with Gasteiger partial charge in [-0.05, 0) is 41.1 Å². The van der Waals surface area contributed by atoms with Crippen LogP contribution in [0.3, 0.4) is 0 Å². The lowest BCUT2D eigenvalue weighted by atomic mass is 10.3. The van der Waals surface area contributed by atoms with Gasteiger partial charge in [-0.15, -0.1) is 11.3 Å². The average Bonchev–Trinajstić information content (AvgIpc) is 2.86. The number of sulfonamides is 1. The monoisotopic (exact) mass is 378 g/mol. The van der Waals surface area contributed by atoms with E-state index in [1.165, 1.54) is 21.7 Å². The Labute approximate surface area is 131 Å². The van der Waals surface area contributed by atoms with E-state index < -0.39 is 10.0 Å². The summed E-state index contributed by atoms with van der Waals surface area (Å²) in [6.45, 7) is 3.31. The second-order valence-corrected chi connectivity index (χ2v) is 8.92. The molecule has 20 heavy (non-hydrogen) atoms. The van der Waals surface area contributed by atoms with E-state index in [1.54, 1.807) is 30.0 Å². The Morgan fingerprint density at radius 3 is 2.45 bits per heavy atom. The molecule has 0 spiro atoms. The molecule has 2 rings (SSSR count). The second kappa shape index (κ2) is 6.38. The maximum atomic E-state index is 12.4. The van der Waals surface area contributed by atoms with Gasteiger partial charge in [0.15, 0.2) is 0 Å². The summed E-state index contributed by atoms with van der Waals surface area (Å²) >= 11 is 4.47. The summed E-state index contributed by atoms with van der Waals surface area (Å²) in [7, 11) is -3.44. The summed E-state index contributed by atoms with van der Waals surface area (Å²) in [6, 6.07) is 3.32. The number of halogens is 1. The molecule has 0 bridgehead atoms. The van der Waals surface area contributed by atoms with Gasteiger partial charge in [-0.25, -0.2) is 8.42 Å². The van der Waals surface area contributed by atoms with Crippen LogP contribution in [0.4, 0.5) is 0 Å². The highest BCUT2D eigenvalue weighted by Crippen LogP contribution is 2.28. The van der Waals surface area contributed by atoms with Gasteiger partial charge in [0.2, 0.25) is 5.91 Å². The highest BCUT2D eigenvalue weighted by Gasteiger charge is 2.30. The second-order valence-electron chi connectivity index (χ2n) is 4.29. The number of piperazine rings is 1. The van der Waals surface area contributed by atoms with Crippen molar-refractivity contribution in [3.05, 3.63) is 28.1 Å². The molecule has 8 heteroatoms. The minimum Gasteiger partial charge on any atom is -0.337 e. The van der Waals surface area contributed by atoms with E-state index in [0.717, 1.165) is 3.79 Å². The van der Waals surface area contributed by atoms with Gasteiger partial charge in [-0.3, -0.25) is 4.79 Å². The van der Waals surface area contributed by atoms with E-state index >= 15 is 0 Å². The lowest BCUT2D eigenvalue weighted by Crippen LogP contribution is -2.50. The molecule has 1 aromatic rings. The molecule has 1 amide bonds. The molecule has 110 valence electrons. The van der Waals surface area contributed by atoms with Crippen LogP contribution in [0.1, 0.15) is 6.92 Å². The topological polar surface area (TPSA) is 57.7 Å². The molecule has 0 unspecified atom stereocenters. The Hall–Kier alpha value is -0.700. The minimum atomic E-state index is -3.44. The smallest absolute Gasteiger partial charge is 0.252 e. The lowest BCUT2D eigenvalue weighted by molar-refractivity contribution is -0.127. The van der Waals surface area contributed by atoms with E-state index in [2.05, 4.69) is 15.9 Å². The summed E-state index contributed by atoms with van der Waals surface area (Å²) in [5.41, 5.74) is 0. The first-order chi connectivity index (χ1) is 9.45. The van der Waals surface area contributed by atoms with Gasteiger partial charge in [-0.2, -0.15) is 4.31 Å². The number of nitrogens with zero attached hydrogens (tertiary/aromatic N) is 2. The van der Waals surface area contributed by atoms with Gasteiger partial charge >= 0.3 is 0 Å². The Kier molecular flexibility index (Phi) is 5.00. The molecule has 1 aliphatic rings. The van der Waals surface area contributed by atoms with E-state index in [9.17, 15) is 13.2 Å². The van der Waals surface area contributed by atoms with Gasteiger partial charge in [0.1, 0.15) is 4.21 Å². The first-order valence-corrected chi connectivity index (χ1v) is 9.17. The quantitative estimate of drug-likeness (QED) is 0.754. The van der Waals surface area contributed by atoms with E-state index in [4.69, 9.17) is 0 Å². The summed E-state index contributed by atoms with van der Waals surface area (Å²) in [6.07, 6.45) is 3.19. The van der Waals surface area contributed by atoms with Crippen molar-refractivity contribution in [2.24, 2.45) is 0 Å². The molecule has 1 fully saturated rings. The van der Waals surface area contributed by atoms with Crippen LogP contribution < -0.4 is 0 Å². The number of hydrogen-bond acceptors (Lipinski definition) is 4. The molecule has 1 aromatic heterocycles. The third kappa shape index (κ3) is 3.30. The third-order valence-corrected chi connectivity index (χ3v) is 6.99. The summed E-state index contributed by atoms with van der Waals surface area (Å²) in [5, 5.41) is 0. The van der Waals surface area contributed by atoms with E-state index in [1.807, 2.05) is 0 Å².